The van der Waals surface area contributed by atoms with E-state index in [1.807, 2.05) is 0 Å². The molecule has 4 aliphatic rings. The van der Waals surface area contributed by atoms with Crippen molar-refractivity contribution in [1.29, 1.82) is 0 Å². The van der Waals surface area contributed by atoms with Crippen LogP contribution in [0.2, 0.25) is 0 Å². The van der Waals surface area contributed by atoms with Crippen LogP contribution in [-0.2, 0) is 28.7 Å². The zero-order valence-electron chi connectivity index (χ0n) is 44.3. The van der Waals surface area contributed by atoms with E-state index in [0.29, 0.717) is 0 Å². The molecule has 0 saturated heterocycles. The van der Waals surface area contributed by atoms with Crippen LogP contribution in [-0.4, -0.2) is 6.71 Å². The van der Waals surface area contributed by atoms with Crippen molar-refractivity contribution in [3.63, 3.8) is 0 Å². The van der Waals surface area contributed by atoms with Crippen molar-refractivity contribution in [3.05, 3.63) is 155 Å². The average Bonchev–Trinajstić information content (AvgIpc) is 3.69. The maximum atomic E-state index is 7.24. The molecule has 0 amide bonds. The van der Waals surface area contributed by atoms with Gasteiger partial charge in [-0.2, -0.15) is 0 Å². The fourth-order valence-corrected chi connectivity index (χ4v) is 11.8. The molecule has 0 bridgehead atoms. The molecule has 2 aromatic heterocycles. The Balaban J connectivity index is 1.13. The Hall–Kier alpha value is -7.25. The number of hydrogen-bond donors (Lipinski definition) is 0. The minimum absolute atomic E-state index is 0.0700. The lowest BCUT2D eigenvalue weighted by Crippen LogP contribution is -2.62. The van der Waals surface area contributed by atoms with Crippen LogP contribution in [0.1, 0.15) is 111 Å². The predicted octanol–water partition coefficient (Wildman–Crippen LogP) is 15.5. The van der Waals surface area contributed by atoms with E-state index in [1.165, 1.54) is 44.2 Å². The Morgan fingerprint density at radius 1 is 0.472 bits per heavy atom. The maximum absolute atomic E-state index is 7.24. The van der Waals surface area contributed by atoms with Crippen LogP contribution < -0.4 is 40.2 Å². The highest BCUT2D eigenvalue weighted by Crippen LogP contribution is 2.58. The monoisotopic (exact) mass is 944 g/mol. The molecule has 0 aliphatic carbocycles. The van der Waals surface area contributed by atoms with Crippen LogP contribution in [0.5, 0.6) is 23.0 Å². The minimum atomic E-state index is -0.145. The van der Waals surface area contributed by atoms with E-state index in [2.05, 4.69) is 239 Å². The quantitative estimate of drug-likeness (QED) is 0.128. The molecular weight excluding hydrogens is 882 g/mol. The zero-order chi connectivity index (χ0) is 50.3. The fourth-order valence-electron chi connectivity index (χ4n) is 11.8. The summed E-state index contributed by atoms with van der Waals surface area (Å²) in [5.74, 6) is 3.50. The molecule has 358 valence electrons. The largest absolute Gasteiger partial charge is 0.455 e. The Morgan fingerprint density at radius 3 is 1.50 bits per heavy atom. The standard InChI is InChI=1S/C65H63BN3O3/c1-36-18-22-44-43-23-19-37(29-52(43)72-61(44)57(36)49-17-15-16-26-67(49)14)38-27-50-58-51(28-38)69-48-25-21-40(63(5,6)7)33-54(48)71-56-35-42(65(11,12)13)31-46(60(56)69)66(58)45-30-41(64(8,9)10)34-55-59(45)68(50)47-24-20-39(62(2,3)4)32-53(47)70-55/h15-35H,1-14H3/q+1. The summed E-state index contributed by atoms with van der Waals surface area (Å²) in [6, 6.07) is 45.7. The third-order valence-corrected chi connectivity index (χ3v) is 16.0. The van der Waals surface area contributed by atoms with E-state index in [4.69, 9.17) is 13.9 Å². The van der Waals surface area contributed by atoms with Gasteiger partial charge in [-0.05, 0) is 151 Å². The van der Waals surface area contributed by atoms with Gasteiger partial charge in [0.25, 0.3) is 6.71 Å². The second-order valence-electron chi connectivity index (χ2n) is 25.1. The first kappa shape index (κ1) is 44.7. The number of pyridine rings is 1. The highest BCUT2D eigenvalue weighted by Gasteiger charge is 2.49. The molecule has 6 nitrogen and oxygen atoms in total. The molecule has 9 aromatic rings. The van der Waals surface area contributed by atoms with Gasteiger partial charge in [0, 0.05) is 34.3 Å². The van der Waals surface area contributed by atoms with Gasteiger partial charge in [0.2, 0.25) is 5.69 Å². The van der Waals surface area contributed by atoms with E-state index in [0.717, 1.165) is 101 Å². The molecule has 4 aliphatic heterocycles. The lowest BCUT2D eigenvalue weighted by Gasteiger charge is -2.48. The molecule has 6 heterocycles. The van der Waals surface area contributed by atoms with Gasteiger partial charge in [-0.3, -0.25) is 0 Å². The van der Waals surface area contributed by atoms with Gasteiger partial charge < -0.3 is 23.7 Å². The van der Waals surface area contributed by atoms with Gasteiger partial charge in [-0.15, -0.1) is 0 Å². The molecule has 7 aromatic carbocycles. The van der Waals surface area contributed by atoms with Crippen molar-refractivity contribution in [2.45, 2.75) is 112 Å². The Morgan fingerprint density at radius 2 is 0.986 bits per heavy atom. The number of anilines is 6. The van der Waals surface area contributed by atoms with E-state index in [-0.39, 0.29) is 28.4 Å². The molecule has 13 rings (SSSR count). The van der Waals surface area contributed by atoms with Crippen molar-refractivity contribution < 1.29 is 18.5 Å². The fraction of sp³-hybridized carbons (Fsp3) is 0.277. The van der Waals surface area contributed by atoms with Gasteiger partial charge >= 0.3 is 0 Å². The zero-order valence-corrected chi connectivity index (χ0v) is 44.3. The van der Waals surface area contributed by atoms with Gasteiger partial charge in [-0.25, -0.2) is 4.57 Å². The van der Waals surface area contributed by atoms with E-state index in [9.17, 15) is 0 Å². The van der Waals surface area contributed by atoms with Gasteiger partial charge in [0.15, 0.2) is 29.2 Å². The highest BCUT2D eigenvalue weighted by molar-refractivity contribution is 7.00. The lowest BCUT2D eigenvalue weighted by atomic mass is 9.33. The van der Waals surface area contributed by atoms with Gasteiger partial charge in [0.05, 0.1) is 28.3 Å². The van der Waals surface area contributed by atoms with Crippen LogP contribution in [0, 0.1) is 6.92 Å². The summed E-state index contributed by atoms with van der Waals surface area (Å²) < 4.78 is 23.7. The topological polar surface area (TPSA) is 42.0 Å². The predicted molar refractivity (Wildman–Crippen MR) is 299 cm³/mol. The maximum Gasteiger partial charge on any atom is 0.252 e. The third kappa shape index (κ3) is 6.51. The molecule has 7 heteroatoms. The second kappa shape index (κ2) is 14.7. The number of aromatic nitrogens is 1. The number of aryl methyl sites for hydroxylation is 2. The van der Waals surface area contributed by atoms with Crippen LogP contribution in [0.4, 0.5) is 34.1 Å². The third-order valence-electron chi connectivity index (χ3n) is 16.0. The van der Waals surface area contributed by atoms with E-state index >= 15 is 0 Å². The molecule has 0 unspecified atom stereocenters. The number of benzene rings is 7. The summed E-state index contributed by atoms with van der Waals surface area (Å²) >= 11 is 0. The first-order valence-electron chi connectivity index (χ1n) is 25.7. The van der Waals surface area contributed by atoms with Gasteiger partial charge in [0.1, 0.15) is 18.2 Å². The van der Waals surface area contributed by atoms with Crippen LogP contribution in [0.3, 0.4) is 0 Å². The van der Waals surface area contributed by atoms with Crippen molar-refractivity contribution in [2.24, 2.45) is 7.05 Å². The van der Waals surface area contributed by atoms with Crippen molar-refractivity contribution in [2.75, 3.05) is 9.80 Å². The number of hydrogen-bond acceptors (Lipinski definition) is 5. The van der Waals surface area contributed by atoms with Gasteiger partial charge in [-0.1, -0.05) is 126 Å². The van der Waals surface area contributed by atoms with Crippen molar-refractivity contribution in [3.8, 4) is 45.4 Å². The molecular formula is C65H63BN3O3+. The Bertz CT molecular complexity index is 3690. The van der Waals surface area contributed by atoms with Crippen LogP contribution >= 0.6 is 0 Å². The highest BCUT2D eigenvalue weighted by atomic mass is 16.5. The Kier molecular flexibility index (Phi) is 9.11. The first-order valence-corrected chi connectivity index (χ1v) is 25.7. The smallest absolute Gasteiger partial charge is 0.252 e. The summed E-state index contributed by atoms with van der Waals surface area (Å²) in [7, 11) is 2.10. The second-order valence-corrected chi connectivity index (χ2v) is 25.1. The van der Waals surface area contributed by atoms with E-state index in [1.54, 1.807) is 0 Å². The summed E-state index contributed by atoms with van der Waals surface area (Å²) in [5, 5.41) is 2.21. The summed E-state index contributed by atoms with van der Waals surface area (Å²) in [6.07, 6.45) is 2.10. The average molecular weight is 945 g/mol. The summed E-state index contributed by atoms with van der Waals surface area (Å²) in [5.41, 5.74) is 22.2. The molecule has 0 fully saturated rings. The molecule has 0 atom stereocenters. The van der Waals surface area contributed by atoms with Crippen molar-refractivity contribution in [1.82, 2.24) is 0 Å². The van der Waals surface area contributed by atoms with E-state index < -0.39 is 0 Å². The number of nitrogens with zero attached hydrogens (tertiary/aromatic N) is 3. The number of ether oxygens (including phenoxy) is 2. The summed E-state index contributed by atoms with van der Waals surface area (Å²) in [6.45, 7) is 29.6. The van der Waals surface area contributed by atoms with Crippen LogP contribution in [0.25, 0.3) is 44.3 Å². The van der Waals surface area contributed by atoms with Crippen LogP contribution in [0.15, 0.2) is 132 Å². The number of rotatable bonds is 2. The lowest BCUT2D eigenvalue weighted by molar-refractivity contribution is -0.660. The Labute approximate surface area is 424 Å². The molecule has 72 heavy (non-hydrogen) atoms. The number of fused-ring (bicyclic) bond motifs is 11. The summed E-state index contributed by atoms with van der Waals surface area (Å²) in [4.78, 5) is 5.05. The first-order chi connectivity index (χ1) is 34.0. The molecule has 0 saturated carbocycles. The normalized spacial score (nSPS) is 14.4. The minimum Gasteiger partial charge on any atom is -0.455 e. The molecule has 0 spiro atoms. The molecule has 0 radical (unpaired) electrons. The SMILES string of the molecule is Cc1ccc2c(oc3cc(-c4cc5c6c(c4)N4c7ccc(C(C)(C)C)cc7Oc7cc(C(C)(C)C)cc(c74)B6c4cc(C(C)(C)C)cc6c4N5c4ccc(C(C)(C)C)cc4O6)ccc32)c1-c1cccc[n+]1C. The molecule has 0 N–H and O–H groups in total. The van der Waals surface area contributed by atoms with Crippen molar-refractivity contribution >= 4 is 79.2 Å². The number of furan rings is 1.